The van der Waals surface area contributed by atoms with Crippen LogP contribution in [0.4, 0.5) is 5.82 Å². The molecule has 0 saturated carbocycles. The summed E-state index contributed by atoms with van der Waals surface area (Å²) in [5.74, 6) is 2.43. The number of rotatable bonds is 8. The summed E-state index contributed by atoms with van der Waals surface area (Å²) in [6.07, 6.45) is 5.08. The molecule has 9 heteroatoms. The van der Waals surface area contributed by atoms with Crippen LogP contribution in [0, 0.1) is 5.92 Å². The molecule has 4 rings (SSSR count). The average Bonchev–Trinajstić information content (AvgIpc) is 3.24. The largest absolute Gasteiger partial charge is 0.497 e. The maximum Gasteiger partial charge on any atom is 0.217 e. The van der Waals surface area contributed by atoms with Gasteiger partial charge in [-0.25, -0.2) is 14.6 Å². The zero-order chi connectivity index (χ0) is 22.5. The van der Waals surface area contributed by atoms with E-state index in [1.807, 2.05) is 48.3 Å². The van der Waals surface area contributed by atoms with E-state index in [1.165, 1.54) is 0 Å². The van der Waals surface area contributed by atoms with Gasteiger partial charge in [0, 0.05) is 25.6 Å². The number of aromatic nitrogens is 4. The maximum atomic E-state index is 12.6. The Morgan fingerprint density at radius 2 is 2.16 bits per heavy atom. The second-order valence-electron chi connectivity index (χ2n) is 7.66. The maximum absolute atomic E-state index is 12.6. The van der Waals surface area contributed by atoms with Crippen LogP contribution in [0.15, 0.2) is 48.9 Å². The SMILES string of the molecule is COc1cccc(Cn2cnc(C(=O)CCC[C@H]3COc4cccnc4N(C)C3=S)n2)c1. The minimum Gasteiger partial charge on any atom is -0.497 e. The zero-order valence-electron chi connectivity index (χ0n) is 18.1. The lowest BCUT2D eigenvalue weighted by atomic mass is 10.0. The fourth-order valence-corrected chi connectivity index (χ4v) is 3.94. The Labute approximate surface area is 192 Å². The summed E-state index contributed by atoms with van der Waals surface area (Å²) >= 11 is 5.65. The molecule has 3 aromatic rings. The van der Waals surface area contributed by atoms with Crippen LogP contribution in [0.3, 0.4) is 0 Å². The average molecular weight is 452 g/mol. The van der Waals surface area contributed by atoms with Crippen LogP contribution in [-0.2, 0) is 6.54 Å². The summed E-state index contributed by atoms with van der Waals surface area (Å²) in [4.78, 5) is 23.8. The highest BCUT2D eigenvalue weighted by Gasteiger charge is 2.27. The van der Waals surface area contributed by atoms with Crippen molar-refractivity contribution in [1.29, 1.82) is 0 Å². The van der Waals surface area contributed by atoms with Crippen molar-refractivity contribution in [3.05, 3.63) is 60.3 Å². The molecule has 0 aliphatic carbocycles. The molecule has 0 unspecified atom stereocenters. The van der Waals surface area contributed by atoms with E-state index in [9.17, 15) is 4.79 Å². The number of benzene rings is 1. The Hall–Kier alpha value is -3.33. The second kappa shape index (κ2) is 9.86. The van der Waals surface area contributed by atoms with E-state index in [0.29, 0.717) is 26.0 Å². The molecule has 0 N–H and O–H groups in total. The number of hydrogen-bond acceptors (Lipinski definition) is 7. The number of hydrogen-bond donors (Lipinski definition) is 0. The van der Waals surface area contributed by atoms with Gasteiger partial charge in [-0.1, -0.05) is 24.4 Å². The normalized spacial score (nSPS) is 15.6. The van der Waals surface area contributed by atoms with Crippen LogP contribution >= 0.6 is 12.2 Å². The predicted octanol–water partition coefficient (Wildman–Crippen LogP) is 3.56. The third-order valence-corrected chi connectivity index (χ3v) is 6.02. The number of fused-ring (bicyclic) bond motifs is 1. The van der Waals surface area contributed by atoms with Gasteiger partial charge in [-0.3, -0.25) is 4.79 Å². The van der Waals surface area contributed by atoms with E-state index in [-0.39, 0.29) is 17.5 Å². The highest BCUT2D eigenvalue weighted by atomic mass is 32.1. The predicted molar refractivity (Wildman–Crippen MR) is 125 cm³/mol. The lowest BCUT2D eigenvalue weighted by molar-refractivity contribution is 0.0967. The van der Waals surface area contributed by atoms with Crippen molar-refractivity contribution in [1.82, 2.24) is 19.7 Å². The van der Waals surface area contributed by atoms with E-state index in [1.54, 1.807) is 24.3 Å². The van der Waals surface area contributed by atoms with Crippen molar-refractivity contribution in [2.24, 2.45) is 5.92 Å². The number of thiocarbonyl (C=S) groups is 1. The highest BCUT2D eigenvalue weighted by Crippen LogP contribution is 2.31. The molecule has 166 valence electrons. The van der Waals surface area contributed by atoms with Crippen molar-refractivity contribution < 1.29 is 14.3 Å². The highest BCUT2D eigenvalue weighted by molar-refractivity contribution is 7.80. The van der Waals surface area contributed by atoms with Crippen LogP contribution < -0.4 is 14.4 Å². The molecule has 0 radical (unpaired) electrons. The molecular formula is C23H25N5O3S. The molecule has 0 spiro atoms. The third-order valence-electron chi connectivity index (χ3n) is 5.41. The molecule has 1 aromatic carbocycles. The lowest BCUT2D eigenvalue weighted by Crippen LogP contribution is -2.32. The van der Waals surface area contributed by atoms with Gasteiger partial charge in [0.25, 0.3) is 0 Å². The van der Waals surface area contributed by atoms with Gasteiger partial charge in [-0.15, -0.1) is 5.10 Å². The molecular weight excluding hydrogens is 426 g/mol. The summed E-state index contributed by atoms with van der Waals surface area (Å²) in [6.45, 7) is 0.996. The zero-order valence-corrected chi connectivity index (χ0v) is 18.9. The Balaban J connectivity index is 1.30. The number of Topliss-reactive ketones (excluding diaryl/α,β-unsaturated/α-hetero) is 1. The first-order chi connectivity index (χ1) is 15.5. The molecule has 0 amide bonds. The van der Waals surface area contributed by atoms with Gasteiger partial charge in [-0.2, -0.15) is 0 Å². The quantitative estimate of drug-likeness (QED) is 0.380. The first kappa shape index (κ1) is 21.9. The molecule has 0 bridgehead atoms. The van der Waals surface area contributed by atoms with Crippen LogP contribution in [0.2, 0.25) is 0 Å². The van der Waals surface area contributed by atoms with Crippen molar-refractivity contribution in [3.63, 3.8) is 0 Å². The van der Waals surface area contributed by atoms with Crippen LogP contribution in [0.5, 0.6) is 11.5 Å². The Morgan fingerprint density at radius 3 is 3.00 bits per heavy atom. The number of ether oxygens (including phenoxy) is 2. The van der Waals surface area contributed by atoms with Gasteiger partial charge >= 0.3 is 0 Å². The lowest BCUT2D eigenvalue weighted by Gasteiger charge is -2.21. The van der Waals surface area contributed by atoms with Crippen molar-refractivity contribution in [3.8, 4) is 11.5 Å². The summed E-state index contributed by atoms with van der Waals surface area (Å²) in [7, 11) is 3.53. The molecule has 32 heavy (non-hydrogen) atoms. The first-order valence-corrected chi connectivity index (χ1v) is 10.9. The van der Waals surface area contributed by atoms with Gasteiger partial charge in [0.05, 0.1) is 25.2 Å². The number of carbonyl (C=O) groups excluding carboxylic acids is 1. The van der Waals surface area contributed by atoms with E-state index < -0.39 is 0 Å². The fourth-order valence-electron chi connectivity index (χ4n) is 3.67. The molecule has 8 nitrogen and oxygen atoms in total. The van der Waals surface area contributed by atoms with Crippen molar-refractivity contribution >= 4 is 28.8 Å². The van der Waals surface area contributed by atoms with Crippen LogP contribution in [-0.4, -0.2) is 51.3 Å². The summed E-state index contributed by atoms with van der Waals surface area (Å²) in [5.41, 5.74) is 1.02. The van der Waals surface area contributed by atoms with Gasteiger partial charge in [-0.05, 0) is 42.7 Å². The van der Waals surface area contributed by atoms with E-state index in [4.69, 9.17) is 21.7 Å². The number of pyridine rings is 1. The smallest absolute Gasteiger partial charge is 0.217 e. The monoisotopic (exact) mass is 451 g/mol. The molecule has 0 saturated heterocycles. The summed E-state index contributed by atoms with van der Waals surface area (Å²) < 4.78 is 12.8. The first-order valence-electron chi connectivity index (χ1n) is 10.5. The molecule has 1 aliphatic rings. The second-order valence-corrected chi connectivity index (χ2v) is 8.08. The Bertz CT molecular complexity index is 1120. The fraction of sp³-hybridized carbons (Fsp3) is 0.348. The molecule has 1 atom stereocenters. The van der Waals surface area contributed by atoms with Gasteiger partial charge < -0.3 is 14.4 Å². The van der Waals surface area contributed by atoms with Crippen molar-refractivity contribution in [2.75, 3.05) is 25.7 Å². The summed E-state index contributed by atoms with van der Waals surface area (Å²) in [5, 5.41) is 4.34. The Morgan fingerprint density at radius 1 is 1.28 bits per heavy atom. The van der Waals surface area contributed by atoms with Gasteiger partial charge in [0.15, 0.2) is 11.6 Å². The molecule has 0 fully saturated rings. The topological polar surface area (TPSA) is 82.4 Å². The molecule has 3 heterocycles. The molecule has 2 aromatic heterocycles. The minimum atomic E-state index is -0.0758. The summed E-state index contributed by atoms with van der Waals surface area (Å²) in [6, 6.07) is 11.5. The van der Waals surface area contributed by atoms with E-state index in [2.05, 4.69) is 15.1 Å². The Kier molecular flexibility index (Phi) is 6.75. The third kappa shape index (κ3) is 4.94. The van der Waals surface area contributed by atoms with Gasteiger partial charge in [0.2, 0.25) is 11.6 Å². The van der Waals surface area contributed by atoms with Crippen molar-refractivity contribution in [2.45, 2.75) is 25.8 Å². The number of ketones is 1. The number of methoxy groups -OCH3 is 1. The van der Waals surface area contributed by atoms with E-state index in [0.717, 1.165) is 34.3 Å². The van der Waals surface area contributed by atoms with Crippen LogP contribution in [0.1, 0.15) is 35.4 Å². The molecule has 1 aliphatic heterocycles. The van der Waals surface area contributed by atoms with Gasteiger partial charge in [0.1, 0.15) is 12.1 Å². The minimum absolute atomic E-state index is 0.0376. The standard InChI is InChI=1S/C23H25N5O3S/c1-27-22-20(10-5-11-24-22)31-14-17(23(27)32)7-4-9-19(29)21-25-15-28(26-21)13-16-6-3-8-18(12-16)30-2/h3,5-6,8,10-12,15,17H,4,7,9,13-14H2,1-2H3/t17-/m0/s1. The number of carbonyl (C=O) groups is 1. The van der Waals surface area contributed by atoms with Crippen LogP contribution in [0.25, 0.3) is 0 Å². The number of anilines is 1. The van der Waals surface area contributed by atoms with E-state index >= 15 is 0 Å². The number of nitrogens with zero attached hydrogens (tertiary/aromatic N) is 5.